The molecule has 3 aromatic rings. The highest BCUT2D eigenvalue weighted by Gasteiger charge is 2.24. The van der Waals surface area contributed by atoms with Gasteiger partial charge in [-0.1, -0.05) is 30.3 Å². The molecule has 0 aliphatic rings. The average molecular weight is 349 g/mol. The molecule has 0 amide bonds. The number of nitrogen functional groups attached to an aromatic ring is 1. The quantitative estimate of drug-likeness (QED) is 0.423. The first kappa shape index (κ1) is 17.1. The summed E-state index contributed by atoms with van der Waals surface area (Å²) in [6.07, 6.45) is 1.34. The zero-order chi connectivity index (χ0) is 18.8. The van der Waals surface area contributed by atoms with Crippen molar-refractivity contribution in [1.29, 1.82) is 0 Å². The van der Waals surface area contributed by atoms with E-state index < -0.39 is 22.1 Å². The van der Waals surface area contributed by atoms with Crippen LogP contribution >= 0.6 is 0 Å². The SMILES string of the molecule is Cc1cc(C(=O)c2cnc(-c3ccccc3)c(N)c2)c(O)c([N+](=O)[O-])c1. The summed E-state index contributed by atoms with van der Waals surface area (Å²) >= 11 is 0. The van der Waals surface area contributed by atoms with Crippen LogP contribution < -0.4 is 5.73 Å². The molecule has 0 fully saturated rings. The van der Waals surface area contributed by atoms with Crippen LogP contribution in [0.2, 0.25) is 0 Å². The van der Waals surface area contributed by atoms with E-state index in [1.54, 1.807) is 6.92 Å². The molecule has 0 aliphatic heterocycles. The van der Waals surface area contributed by atoms with Crippen molar-refractivity contribution in [3.05, 3.63) is 81.5 Å². The van der Waals surface area contributed by atoms with Crippen LogP contribution in [0.25, 0.3) is 11.3 Å². The van der Waals surface area contributed by atoms with Gasteiger partial charge in [0.15, 0.2) is 5.78 Å². The lowest BCUT2D eigenvalue weighted by atomic mass is 9.99. The first-order valence-corrected chi connectivity index (χ1v) is 7.72. The van der Waals surface area contributed by atoms with Crippen LogP contribution in [0.4, 0.5) is 11.4 Å². The number of nitro benzene ring substituents is 1. The van der Waals surface area contributed by atoms with Gasteiger partial charge < -0.3 is 10.8 Å². The van der Waals surface area contributed by atoms with Gasteiger partial charge in [-0.15, -0.1) is 0 Å². The largest absolute Gasteiger partial charge is 0.502 e. The van der Waals surface area contributed by atoms with E-state index in [9.17, 15) is 20.0 Å². The number of carbonyl (C=O) groups is 1. The number of nitrogens with zero attached hydrogens (tertiary/aromatic N) is 2. The van der Waals surface area contributed by atoms with Crippen molar-refractivity contribution in [2.24, 2.45) is 0 Å². The van der Waals surface area contributed by atoms with Gasteiger partial charge in [-0.25, -0.2) is 0 Å². The molecule has 0 saturated carbocycles. The number of ketones is 1. The summed E-state index contributed by atoms with van der Waals surface area (Å²) in [5.74, 6) is -1.26. The van der Waals surface area contributed by atoms with Gasteiger partial charge in [0.25, 0.3) is 0 Å². The number of nitro groups is 1. The molecule has 0 radical (unpaired) electrons. The maximum Gasteiger partial charge on any atom is 0.311 e. The molecule has 7 nitrogen and oxygen atoms in total. The fourth-order valence-electron chi connectivity index (χ4n) is 2.67. The van der Waals surface area contributed by atoms with Crippen LogP contribution in [0.3, 0.4) is 0 Å². The monoisotopic (exact) mass is 349 g/mol. The Hall–Kier alpha value is -3.74. The second-order valence-electron chi connectivity index (χ2n) is 5.79. The fraction of sp³-hybridized carbons (Fsp3) is 0.0526. The number of hydrogen-bond donors (Lipinski definition) is 2. The van der Waals surface area contributed by atoms with Crippen molar-refractivity contribution >= 4 is 17.2 Å². The molecule has 0 aliphatic carbocycles. The topological polar surface area (TPSA) is 119 Å². The first-order valence-electron chi connectivity index (χ1n) is 7.72. The van der Waals surface area contributed by atoms with E-state index in [0.717, 1.165) is 5.56 Å². The highest BCUT2D eigenvalue weighted by atomic mass is 16.6. The summed E-state index contributed by atoms with van der Waals surface area (Å²) in [4.78, 5) is 27.3. The van der Waals surface area contributed by atoms with E-state index in [0.29, 0.717) is 16.9 Å². The Morgan fingerprint density at radius 2 is 1.88 bits per heavy atom. The number of phenols is 1. The molecule has 0 bridgehead atoms. The third-order valence-corrected chi connectivity index (χ3v) is 3.90. The van der Waals surface area contributed by atoms with Crippen molar-refractivity contribution in [2.75, 3.05) is 5.73 Å². The smallest absolute Gasteiger partial charge is 0.311 e. The molecule has 130 valence electrons. The molecule has 0 spiro atoms. The second kappa shape index (κ2) is 6.64. The summed E-state index contributed by atoms with van der Waals surface area (Å²) in [7, 11) is 0. The minimum atomic E-state index is -0.732. The summed E-state index contributed by atoms with van der Waals surface area (Å²) in [5.41, 5.74) is 7.60. The summed E-state index contributed by atoms with van der Waals surface area (Å²) in [6, 6.07) is 13.3. The maximum atomic E-state index is 12.7. The Labute approximate surface area is 148 Å². The normalized spacial score (nSPS) is 10.5. The number of aryl methyl sites for hydroxylation is 1. The van der Waals surface area contributed by atoms with Crippen LogP contribution in [0.1, 0.15) is 21.5 Å². The Bertz CT molecular complexity index is 1020. The number of benzene rings is 2. The highest BCUT2D eigenvalue weighted by molar-refractivity contribution is 6.12. The second-order valence-corrected chi connectivity index (χ2v) is 5.79. The molecule has 7 heteroatoms. The third kappa shape index (κ3) is 3.10. The molecule has 1 heterocycles. The first-order chi connectivity index (χ1) is 12.4. The number of anilines is 1. The molecule has 3 rings (SSSR count). The zero-order valence-corrected chi connectivity index (χ0v) is 13.8. The zero-order valence-electron chi connectivity index (χ0n) is 13.8. The van der Waals surface area contributed by atoms with E-state index in [-0.39, 0.29) is 11.1 Å². The van der Waals surface area contributed by atoms with E-state index >= 15 is 0 Å². The number of pyridine rings is 1. The van der Waals surface area contributed by atoms with E-state index in [4.69, 9.17) is 5.73 Å². The van der Waals surface area contributed by atoms with Gasteiger partial charge in [0.1, 0.15) is 0 Å². The lowest BCUT2D eigenvalue weighted by Crippen LogP contribution is -2.06. The van der Waals surface area contributed by atoms with E-state index in [2.05, 4.69) is 4.98 Å². The number of nitrogens with two attached hydrogens (primary N) is 1. The van der Waals surface area contributed by atoms with Gasteiger partial charge in [0.05, 0.1) is 21.9 Å². The number of aromatic nitrogens is 1. The van der Waals surface area contributed by atoms with Crippen LogP contribution in [-0.2, 0) is 0 Å². The van der Waals surface area contributed by atoms with Crippen molar-refractivity contribution in [3.63, 3.8) is 0 Å². The molecule has 1 aromatic heterocycles. The van der Waals surface area contributed by atoms with E-state index in [1.165, 1.54) is 24.4 Å². The third-order valence-electron chi connectivity index (χ3n) is 3.90. The Kier molecular flexibility index (Phi) is 4.36. The Balaban J connectivity index is 2.04. The van der Waals surface area contributed by atoms with E-state index in [1.807, 2.05) is 30.3 Å². The number of carbonyl (C=O) groups excluding carboxylic acids is 1. The molecule has 0 atom stereocenters. The molecular formula is C19H15N3O4. The van der Waals surface area contributed by atoms with Gasteiger partial charge in [-0.3, -0.25) is 19.9 Å². The van der Waals surface area contributed by atoms with Crippen molar-refractivity contribution in [1.82, 2.24) is 4.98 Å². The molecule has 3 N–H and O–H groups in total. The predicted molar refractivity (Wildman–Crippen MR) is 97.0 cm³/mol. The maximum absolute atomic E-state index is 12.7. The summed E-state index contributed by atoms with van der Waals surface area (Å²) < 4.78 is 0. The lowest BCUT2D eigenvalue weighted by Gasteiger charge is -2.09. The van der Waals surface area contributed by atoms with Gasteiger partial charge in [-0.2, -0.15) is 0 Å². The minimum absolute atomic E-state index is 0.136. The lowest BCUT2D eigenvalue weighted by molar-refractivity contribution is -0.385. The van der Waals surface area contributed by atoms with Gasteiger partial charge in [0.2, 0.25) is 5.75 Å². The molecule has 0 saturated heterocycles. The number of rotatable bonds is 4. The number of phenolic OH excluding ortho intramolecular Hbond substituents is 1. The van der Waals surface area contributed by atoms with Crippen LogP contribution in [0.5, 0.6) is 5.75 Å². The minimum Gasteiger partial charge on any atom is -0.502 e. The molecule has 26 heavy (non-hydrogen) atoms. The Morgan fingerprint density at radius 3 is 2.50 bits per heavy atom. The van der Waals surface area contributed by atoms with Gasteiger partial charge >= 0.3 is 5.69 Å². The Morgan fingerprint density at radius 1 is 1.19 bits per heavy atom. The fourth-order valence-corrected chi connectivity index (χ4v) is 2.67. The summed E-state index contributed by atoms with van der Waals surface area (Å²) in [5, 5.41) is 21.1. The van der Waals surface area contributed by atoms with Gasteiger partial charge in [0, 0.05) is 23.4 Å². The van der Waals surface area contributed by atoms with Crippen molar-refractivity contribution < 1.29 is 14.8 Å². The number of hydrogen-bond acceptors (Lipinski definition) is 6. The summed E-state index contributed by atoms with van der Waals surface area (Å²) in [6.45, 7) is 1.61. The van der Waals surface area contributed by atoms with Crippen LogP contribution in [-0.4, -0.2) is 20.8 Å². The van der Waals surface area contributed by atoms with Gasteiger partial charge in [-0.05, 0) is 24.6 Å². The van der Waals surface area contributed by atoms with Crippen molar-refractivity contribution in [2.45, 2.75) is 6.92 Å². The van der Waals surface area contributed by atoms with Crippen LogP contribution in [0.15, 0.2) is 54.7 Å². The molecule has 2 aromatic carbocycles. The molecular weight excluding hydrogens is 334 g/mol. The number of aromatic hydroxyl groups is 1. The van der Waals surface area contributed by atoms with Crippen LogP contribution in [0, 0.1) is 17.0 Å². The highest BCUT2D eigenvalue weighted by Crippen LogP contribution is 2.33. The van der Waals surface area contributed by atoms with Crippen molar-refractivity contribution in [3.8, 4) is 17.0 Å². The predicted octanol–water partition coefficient (Wildman–Crippen LogP) is 3.48. The molecule has 0 unspecified atom stereocenters. The average Bonchev–Trinajstić information content (AvgIpc) is 2.63. The standard InChI is InChI=1S/C19H15N3O4/c1-11-7-14(19(24)16(8-11)22(25)26)18(23)13-9-15(20)17(21-10-13)12-5-3-2-4-6-12/h2-10,24H,20H2,1H3.